The number of likely N-dealkylation sites (tertiary alicyclic amines) is 1. The summed E-state index contributed by atoms with van der Waals surface area (Å²) in [5.41, 5.74) is 0. The number of carbonyl (C=O) groups is 1. The van der Waals surface area contributed by atoms with Crippen molar-refractivity contribution in [1.29, 1.82) is 0 Å². The van der Waals surface area contributed by atoms with Crippen LogP contribution in [0.15, 0.2) is 4.99 Å². The highest BCUT2D eigenvalue weighted by molar-refractivity contribution is 7.81. The molecule has 1 atom stereocenters. The first kappa shape index (κ1) is 12.4. The summed E-state index contributed by atoms with van der Waals surface area (Å²) in [6.45, 7) is 4.50. The van der Waals surface area contributed by atoms with Gasteiger partial charge in [-0.2, -0.15) is 12.6 Å². The molecule has 0 aliphatic carbocycles. The summed E-state index contributed by atoms with van der Waals surface area (Å²) >= 11 is 4.28. The number of carboxylic acids is 1. The molecule has 1 rings (SSSR count). The monoisotopic (exact) mass is 230 g/mol. The maximum atomic E-state index is 11.1. The average molecular weight is 230 g/mol. The summed E-state index contributed by atoms with van der Waals surface area (Å²) in [5, 5.41) is 9.08. The minimum Gasteiger partial charge on any atom is -0.480 e. The van der Waals surface area contributed by atoms with Crippen LogP contribution in [0.5, 0.6) is 0 Å². The molecule has 15 heavy (non-hydrogen) atoms. The topological polar surface area (TPSA) is 52.9 Å². The highest BCUT2D eigenvalue weighted by Crippen LogP contribution is 2.22. The lowest BCUT2D eigenvalue weighted by atomic mass is 10.0. The van der Waals surface area contributed by atoms with Crippen molar-refractivity contribution in [2.45, 2.75) is 37.5 Å². The van der Waals surface area contributed by atoms with Crippen LogP contribution in [0.25, 0.3) is 0 Å². The Kier molecular flexibility index (Phi) is 3.65. The average Bonchev–Trinajstić information content (AvgIpc) is 2.44. The van der Waals surface area contributed by atoms with E-state index in [2.05, 4.69) is 17.6 Å². The van der Waals surface area contributed by atoms with Gasteiger partial charge in [-0.3, -0.25) is 4.99 Å². The van der Waals surface area contributed by atoms with Gasteiger partial charge in [-0.05, 0) is 20.3 Å². The molecule has 1 fully saturated rings. The van der Waals surface area contributed by atoms with Crippen LogP contribution in [-0.2, 0) is 4.79 Å². The molecule has 4 nitrogen and oxygen atoms in total. The molecule has 5 heteroatoms. The molecular weight excluding hydrogens is 212 g/mol. The third-order valence-corrected chi connectivity index (χ3v) is 2.76. The van der Waals surface area contributed by atoms with Crippen molar-refractivity contribution in [3.63, 3.8) is 0 Å². The fourth-order valence-electron chi connectivity index (χ4n) is 1.62. The number of hydrogen-bond donors (Lipinski definition) is 2. The number of thiol groups is 1. The Morgan fingerprint density at radius 3 is 2.60 bits per heavy atom. The summed E-state index contributed by atoms with van der Waals surface area (Å²) in [6.07, 6.45) is 1.92. The second kappa shape index (κ2) is 4.43. The number of aliphatic carboxylic acids is 1. The first-order valence-electron chi connectivity index (χ1n) is 5.05. The number of rotatable bonds is 3. The predicted octanol–water partition coefficient (Wildman–Crippen LogP) is 1.27. The highest BCUT2D eigenvalue weighted by atomic mass is 32.1. The number of carboxylic acid groups (broad SMARTS) is 1. The van der Waals surface area contributed by atoms with E-state index < -0.39 is 16.8 Å². The first-order valence-corrected chi connectivity index (χ1v) is 5.50. The van der Waals surface area contributed by atoms with Crippen LogP contribution in [0.2, 0.25) is 0 Å². The van der Waals surface area contributed by atoms with E-state index in [0.29, 0.717) is 0 Å². The van der Waals surface area contributed by atoms with E-state index in [1.807, 2.05) is 11.9 Å². The Balaban J connectivity index is 2.87. The van der Waals surface area contributed by atoms with Gasteiger partial charge in [0.2, 0.25) is 0 Å². The van der Waals surface area contributed by atoms with E-state index in [9.17, 15) is 4.79 Å². The SMILES string of the molecule is CN1CCCC1=NC(C(=O)O)C(C)(C)S. The van der Waals surface area contributed by atoms with Crippen LogP contribution in [-0.4, -0.2) is 46.2 Å². The zero-order chi connectivity index (χ0) is 11.6. The quantitative estimate of drug-likeness (QED) is 0.718. The number of nitrogens with zero attached hydrogens (tertiary/aromatic N) is 2. The second-order valence-electron chi connectivity index (χ2n) is 4.46. The van der Waals surface area contributed by atoms with Crippen molar-refractivity contribution < 1.29 is 9.90 Å². The molecule has 0 saturated carbocycles. The zero-order valence-electron chi connectivity index (χ0n) is 9.40. The summed E-state index contributed by atoms with van der Waals surface area (Å²) in [4.78, 5) is 17.4. The van der Waals surface area contributed by atoms with Crippen LogP contribution in [0, 0.1) is 0 Å². The van der Waals surface area contributed by atoms with Gasteiger partial charge in [-0.15, -0.1) is 0 Å². The molecule has 1 heterocycles. The van der Waals surface area contributed by atoms with Crippen molar-refractivity contribution in [1.82, 2.24) is 4.90 Å². The summed E-state index contributed by atoms with van der Waals surface area (Å²) in [6, 6.07) is -0.781. The van der Waals surface area contributed by atoms with Gasteiger partial charge in [0.1, 0.15) is 0 Å². The first-order chi connectivity index (χ1) is 6.82. The molecule has 1 unspecified atom stereocenters. The summed E-state index contributed by atoms with van der Waals surface area (Å²) < 4.78 is -0.637. The van der Waals surface area contributed by atoms with Gasteiger partial charge in [0, 0.05) is 24.8 Å². The zero-order valence-corrected chi connectivity index (χ0v) is 10.3. The van der Waals surface area contributed by atoms with Gasteiger partial charge in [-0.1, -0.05) is 0 Å². The maximum absolute atomic E-state index is 11.1. The smallest absolute Gasteiger partial charge is 0.329 e. The van der Waals surface area contributed by atoms with Gasteiger partial charge in [-0.25, -0.2) is 4.79 Å². The van der Waals surface area contributed by atoms with Gasteiger partial charge in [0.15, 0.2) is 6.04 Å². The molecule has 0 aromatic rings. The molecule has 0 aromatic carbocycles. The lowest BCUT2D eigenvalue weighted by Crippen LogP contribution is -2.38. The molecule has 0 spiro atoms. The van der Waals surface area contributed by atoms with E-state index >= 15 is 0 Å². The fraction of sp³-hybridized carbons (Fsp3) is 0.800. The van der Waals surface area contributed by atoms with Crippen LogP contribution in [0.1, 0.15) is 26.7 Å². The molecule has 1 aliphatic heterocycles. The van der Waals surface area contributed by atoms with Gasteiger partial charge >= 0.3 is 5.97 Å². The van der Waals surface area contributed by atoms with Gasteiger partial charge in [0.25, 0.3) is 0 Å². The van der Waals surface area contributed by atoms with Crippen LogP contribution < -0.4 is 0 Å². The third kappa shape index (κ3) is 3.12. The molecule has 1 saturated heterocycles. The normalized spacial score (nSPS) is 22.1. The number of hydrogen-bond acceptors (Lipinski definition) is 3. The number of amidine groups is 1. The fourth-order valence-corrected chi connectivity index (χ4v) is 1.79. The van der Waals surface area contributed by atoms with Crippen molar-refractivity contribution in [3.8, 4) is 0 Å². The Hall–Kier alpha value is -0.710. The van der Waals surface area contributed by atoms with E-state index in [4.69, 9.17) is 5.11 Å². The Morgan fingerprint density at radius 1 is 1.67 bits per heavy atom. The maximum Gasteiger partial charge on any atom is 0.329 e. The molecule has 0 radical (unpaired) electrons. The number of aliphatic imine (C=N–C) groups is 1. The highest BCUT2D eigenvalue weighted by Gasteiger charge is 2.33. The molecule has 0 bridgehead atoms. The lowest BCUT2D eigenvalue weighted by Gasteiger charge is -2.24. The Labute approximate surface area is 95.8 Å². The largest absolute Gasteiger partial charge is 0.480 e. The third-order valence-electron chi connectivity index (χ3n) is 2.52. The summed E-state index contributed by atoms with van der Waals surface area (Å²) in [5.74, 6) is -0.0349. The minimum absolute atomic E-state index is 0.637. The minimum atomic E-state index is -0.914. The Morgan fingerprint density at radius 2 is 2.27 bits per heavy atom. The Bertz CT molecular complexity index is 284. The van der Waals surface area contributed by atoms with E-state index in [0.717, 1.165) is 25.2 Å². The van der Waals surface area contributed by atoms with Crippen LogP contribution in [0.3, 0.4) is 0 Å². The molecular formula is C10H18N2O2S. The van der Waals surface area contributed by atoms with Crippen molar-refractivity contribution >= 4 is 24.4 Å². The van der Waals surface area contributed by atoms with Gasteiger partial charge in [0.05, 0.1) is 5.84 Å². The van der Waals surface area contributed by atoms with Crippen molar-refractivity contribution in [3.05, 3.63) is 0 Å². The van der Waals surface area contributed by atoms with Gasteiger partial charge < -0.3 is 10.0 Å². The summed E-state index contributed by atoms with van der Waals surface area (Å²) in [7, 11) is 1.94. The second-order valence-corrected chi connectivity index (χ2v) is 5.62. The predicted molar refractivity (Wildman–Crippen MR) is 63.8 cm³/mol. The molecule has 1 N–H and O–H groups in total. The van der Waals surface area contributed by atoms with E-state index in [-0.39, 0.29) is 0 Å². The van der Waals surface area contributed by atoms with Crippen molar-refractivity contribution in [2.75, 3.05) is 13.6 Å². The molecule has 0 aromatic heterocycles. The molecule has 1 aliphatic rings. The van der Waals surface area contributed by atoms with Crippen LogP contribution in [0.4, 0.5) is 0 Å². The molecule has 86 valence electrons. The van der Waals surface area contributed by atoms with Crippen LogP contribution >= 0.6 is 12.6 Å². The van der Waals surface area contributed by atoms with Crippen molar-refractivity contribution in [2.24, 2.45) is 4.99 Å². The molecule has 0 amide bonds. The standard InChI is InChI=1S/C10H18N2O2S/c1-10(2,15)8(9(13)14)11-7-5-4-6-12(7)3/h8,15H,4-6H2,1-3H3,(H,13,14). The van der Waals surface area contributed by atoms with E-state index in [1.165, 1.54) is 0 Å². The van der Waals surface area contributed by atoms with E-state index in [1.54, 1.807) is 13.8 Å². The lowest BCUT2D eigenvalue weighted by molar-refractivity contribution is -0.139.